The van der Waals surface area contributed by atoms with E-state index in [1.807, 2.05) is 30.3 Å². The van der Waals surface area contributed by atoms with Gasteiger partial charge in [0.05, 0.1) is 12.2 Å². The van der Waals surface area contributed by atoms with Crippen molar-refractivity contribution in [3.63, 3.8) is 0 Å². The molecule has 1 aromatic heterocycles. The smallest absolute Gasteiger partial charge is 0.267 e. The number of fused-ring (bicyclic) bond motifs is 1. The summed E-state index contributed by atoms with van der Waals surface area (Å²) in [7, 11) is 0. The highest BCUT2D eigenvalue weighted by atomic mass is 79.9. The number of hydrogen-bond donors (Lipinski definition) is 2. The fourth-order valence-electron chi connectivity index (χ4n) is 3.51. The number of rotatable bonds is 8. The Balaban J connectivity index is 1.32. The van der Waals surface area contributed by atoms with E-state index in [9.17, 15) is 9.59 Å². The van der Waals surface area contributed by atoms with E-state index >= 15 is 0 Å². The van der Waals surface area contributed by atoms with Gasteiger partial charge in [-0.2, -0.15) is 0 Å². The summed E-state index contributed by atoms with van der Waals surface area (Å²) in [5.41, 5.74) is 8.91. The molecule has 3 N–H and O–H groups in total. The second-order valence-corrected chi connectivity index (χ2v) is 8.31. The summed E-state index contributed by atoms with van der Waals surface area (Å²) < 4.78 is 12.4. The van der Waals surface area contributed by atoms with E-state index in [0.717, 1.165) is 27.6 Å². The molecule has 2 heterocycles. The lowest BCUT2D eigenvalue weighted by Crippen LogP contribution is -2.26. The van der Waals surface area contributed by atoms with E-state index in [2.05, 4.69) is 26.2 Å². The highest BCUT2D eigenvalue weighted by Crippen LogP contribution is 2.32. The van der Waals surface area contributed by atoms with Gasteiger partial charge in [0.2, 0.25) is 0 Å². The third-order valence-corrected chi connectivity index (χ3v) is 5.53. The molecule has 2 amide bonds. The van der Waals surface area contributed by atoms with Crippen LogP contribution in [-0.2, 0) is 19.4 Å². The van der Waals surface area contributed by atoms with Crippen molar-refractivity contribution in [3.05, 3.63) is 87.1 Å². The van der Waals surface area contributed by atoms with Gasteiger partial charge in [-0.25, -0.2) is 0 Å². The number of ether oxygens (including phenoxy) is 2. The number of hydrogen-bond acceptors (Lipinski definition) is 5. The molecule has 32 heavy (non-hydrogen) atoms. The average molecular weight is 496 g/mol. The van der Waals surface area contributed by atoms with Crippen LogP contribution in [0.5, 0.6) is 11.5 Å². The molecule has 0 saturated heterocycles. The number of amides is 2. The van der Waals surface area contributed by atoms with Crippen molar-refractivity contribution in [3.8, 4) is 11.5 Å². The van der Waals surface area contributed by atoms with Gasteiger partial charge in [0.1, 0.15) is 23.8 Å². The standard InChI is InChI=1S/C24H22BrN3O4/c25-18-12-17-6-9-31-22(17)20(13-18)24(30)28-8-4-15-2-1-3-19(10-15)32-14-16-5-7-27-21(11-16)23(26)29/h1-3,5,7,10-13H,4,6,8-9,14H2,(H2,26,29)(H,28,30). The Morgan fingerprint density at radius 3 is 2.88 bits per heavy atom. The Hall–Kier alpha value is -3.39. The van der Waals surface area contributed by atoms with Crippen molar-refractivity contribution in [1.29, 1.82) is 0 Å². The largest absolute Gasteiger partial charge is 0.492 e. The van der Waals surface area contributed by atoms with Crippen LogP contribution in [0.1, 0.15) is 37.5 Å². The third-order valence-electron chi connectivity index (χ3n) is 5.07. The molecule has 0 saturated carbocycles. The second kappa shape index (κ2) is 9.82. The molecule has 1 aliphatic heterocycles. The monoisotopic (exact) mass is 495 g/mol. The van der Waals surface area contributed by atoms with Gasteiger partial charge in [-0.05, 0) is 59.5 Å². The minimum atomic E-state index is -0.574. The van der Waals surface area contributed by atoms with Gasteiger partial charge in [0.25, 0.3) is 11.8 Å². The molecule has 164 valence electrons. The molecular formula is C24H22BrN3O4. The van der Waals surface area contributed by atoms with E-state index in [1.54, 1.807) is 18.2 Å². The minimum Gasteiger partial charge on any atom is -0.492 e. The number of nitrogens with two attached hydrogens (primary N) is 1. The predicted octanol–water partition coefficient (Wildman–Crippen LogP) is 3.43. The van der Waals surface area contributed by atoms with Crippen molar-refractivity contribution in [2.24, 2.45) is 5.73 Å². The number of nitrogens with zero attached hydrogens (tertiary/aromatic N) is 1. The van der Waals surface area contributed by atoms with Crippen molar-refractivity contribution in [2.75, 3.05) is 13.2 Å². The second-order valence-electron chi connectivity index (χ2n) is 7.40. The first-order chi connectivity index (χ1) is 15.5. The van der Waals surface area contributed by atoms with Crippen LogP contribution in [0.3, 0.4) is 0 Å². The van der Waals surface area contributed by atoms with E-state index < -0.39 is 5.91 Å². The van der Waals surface area contributed by atoms with Gasteiger partial charge in [-0.1, -0.05) is 28.1 Å². The number of carbonyl (C=O) groups excluding carboxylic acids is 2. The van der Waals surface area contributed by atoms with Gasteiger partial charge in [0.15, 0.2) is 0 Å². The van der Waals surface area contributed by atoms with E-state index in [-0.39, 0.29) is 18.2 Å². The molecule has 0 unspecified atom stereocenters. The number of pyridine rings is 1. The average Bonchev–Trinajstić information content (AvgIpc) is 3.26. The van der Waals surface area contributed by atoms with Crippen LogP contribution in [-0.4, -0.2) is 29.9 Å². The number of nitrogens with one attached hydrogen (secondary N) is 1. The first-order valence-electron chi connectivity index (χ1n) is 10.2. The van der Waals surface area contributed by atoms with Crippen LogP contribution >= 0.6 is 15.9 Å². The Morgan fingerprint density at radius 2 is 2.03 bits per heavy atom. The summed E-state index contributed by atoms with van der Waals surface area (Å²) in [5, 5.41) is 2.97. The highest BCUT2D eigenvalue weighted by molar-refractivity contribution is 9.10. The molecule has 1 aliphatic rings. The van der Waals surface area contributed by atoms with E-state index in [4.69, 9.17) is 15.2 Å². The SMILES string of the molecule is NC(=O)c1cc(COc2cccc(CCNC(=O)c3cc(Br)cc4c3OCC4)c2)ccn1. The van der Waals surface area contributed by atoms with Crippen LogP contribution in [0, 0.1) is 0 Å². The molecule has 7 nitrogen and oxygen atoms in total. The topological polar surface area (TPSA) is 104 Å². The fourth-order valence-corrected chi connectivity index (χ4v) is 4.02. The van der Waals surface area contributed by atoms with Gasteiger partial charge in [-0.3, -0.25) is 14.6 Å². The van der Waals surface area contributed by atoms with Crippen LogP contribution in [0.15, 0.2) is 59.2 Å². The Kier molecular flexibility index (Phi) is 6.70. The number of halogens is 1. The van der Waals surface area contributed by atoms with E-state index in [0.29, 0.717) is 36.6 Å². The lowest BCUT2D eigenvalue weighted by atomic mass is 10.1. The minimum absolute atomic E-state index is 0.153. The van der Waals surface area contributed by atoms with Gasteiger partial charge >= 0.3 is 0 Å². The Morgan fingerprint density at radius 1 is 1.16 bits per heavy atom. The summed E-state index contributed by atoms with van der Waals surface area (Å²) in [4.78, 5) is 27.9. The Bertz CT molecular complexity index is 1170. The molecule has 0 radical (unpaired) electrons. The Labute approximate surface area is 194 Å². The van der Waals surface area contributed by atoms with Crippen molar-refractivity contribution < 1.29 is 19.1 Å². The summed E-state index contributed by atoms with van der Waals surface area (Å²) >= 11 is 3.46. The van der Waals surface area contributed by atoms with Crippen molar-refractivity contribution in [1.82, 2.24) is 10.3 Å². The maximum Gasteiger partial charge on any atom is 0.267 e. The van der Waals surface area contributed by atoms with Crippen LogP contribution in [0.2, 0.25) is 0 Å². The molecule has 0 spiro atoms. The molecule has 0 aliphatic carbocycles. The van der Waals surface area contributed by atoms with Crippen LogP contribution in [0.25, 0.3) is 0 Å². The zero-order chi connectivity index (χ0) is 22.5. The molecule has 4 rings (SSSR count). The van der Waals surface area contributed by atoms with Crippen LogP contribution in [0.4, 0.5) is 0 Å². The summed E-state index contributed by atoms with van der Waals surface area (Å²) in [6, 6.07) is 14.8. The van der Waals surface area contributed by atoms with Crippen molar-refractivity contribution in [2.45, 2.75) is 19.4 Å². The zero-order valence-corrected chi connectivity index (χ0v) is 18.9. The predicted molar refractivity (Wildman–Crippen MR) is 123 cm³/mol. The van der Waals surface area contributed by atoms with Gasteiger partial charge < -0.3 is 20.5 Å². The number of benzene rings is 2. The zero-order valence-electron chi connectivity index (χ0n) is 17.3. The molecule has 0 bridgehead atoms. The summed E-state index contributed by atoms with van der Waals surface area (Å²) in [5.74, 6) is 0.649. The maximum atomic E-state index is 12.7. The lowest BCUT2D eigenvalue weighted by molar-refractivity contribution is 0.0949. The highest BCUT2D eigenvalue weighted by Gasteiger charge is 2.21. The molecule has 0 fully saturated rings. The first kappa shape index (κ1) is 21.8. The van der Waals surface area contributed by atoms with E-state index in [1.165, 1.54) is 6.20 Å². The molecule has 2 aromatic carbocycles. The maximum absolute atomic E-state index is 12.7. The quantitative estimate of drug-likeness (QED) is 0.498. The fraction of sp³-hybridized carbons (Fsp3) is 0.208. The molecule has 0 atom stereocenters. The normalized spacial score (nSPS) is 12.0. The number of primary amides is 1. The third kappa shape index (κ3) is 5.26. The van der Waals surface area contributed by atoms with Gasteiger partial charge in [0, 0.05) is 23.6 Å². The lowest BCUT2D eigenvalue weighted by Gasteiger charge is -2.11. The number of aromatic nitrogens is 1. The van der Waals surface area contributed by atoms with Crippen molar-refractivity contribution >= 4 is 27.7 Å². The van der Waals surface area contributed by atoms with Crippen LogP contribution < -0.4 is 20.5 Å². The molecular weight excluding hydrogens is 474 g/mol. The molecule has 3 aromatic rings. The number of carbonyl (C=O) groups is 2. The van der Waals surface area contributed by atoms with Gasteiger partial charge in [-0.15, -0.1) is 0 Å². The molecule has 8 heteroatoms. The first-order valence-corrected chi connectivity index (χ1v) is 11.0. The summed E-state index contributed by atoms with van der Waals surface area (Å²) in [6.45, 7) is 1.37. The summed E-state index contributed by atoms with van der Waals surface area (Å²) in [6.07, 6.45) is 3.00.